The van der Waals surface area contributed by atoms with E-state index in [2.05, 4.69) is 25.7 Å². The normalized spacial score (nSPS) is 10.6. The molecule has 0 saturated carbocycles. The molecule has 1 heterocycles. The number of rotatable bonds is 3. The summed E-state index contributed by atoms with van der Waals surface area (Å²) in [6, 6.07) is 0. The fourth-order valence-corrected chi connectivity index (χ4v) is 1.64. The summed E-state index contributed by atoms with van der Waals surface area (Å²) in [6.07, 6.45) is -2.23. The van der Waals surface area contributed by atoms with E-state index in [4.69, 9.17) is 0 Å². The second-order valence-electron chi connectivity index (χ2n) is 2.86. The van der Waals surface area contributed by atoms with Crippen LogP contribution in [0.25, 0.3) is 0 Å². The van der Waals surface area contributed by atoms with E-state index in [0.717, 1.165) is 6.20 Å². The second kappa shape index (κ2) is 5.29. The van der Waals surface area contributed by atoms with Crippen LogP contribution >= 0.6 is 15.9 Å². The molecule has 0 aliphatic heterocycles. The number of nitrogens with zero attached hydrogens (tertiary/aromatic N) is 1. The van der Waals surface area contributed by atoms with Gasteiger partial charge in [-0.05, 0) is 21.5 Å². The van der Waals surface area contributed by atoms with Crippen molar-refractivity contribution in [3.05, 3.63) is 27.7 Å². The zero-order chi connectivity index (χ0) is 12.3. The summed E-state index contributed by atoms with van der Waals surface area (Å²) in [7, 11) is 1.17. The van der Waals surface area contributed by atoms with Gasteiger partial charge in [0.2, 0.25) is 5.95 Å². The predicted octanol–water partition coefficient (Wildman–Crippen LogP) is 2.64. The van der Waals surface area contributed by atoms with Gasteiger partial charge >= 0.3 is 5.97 Å². The third kappa shape index (κ3) is 2.72. The Morgan fingerprint density at radius 3 is 2.75 bits per heavy atom. The number of carbonyl (C=O) groups is 1. The quantitative estimate of drug-likeness (QED) is 0.636. The summed E-state index contributed by atoms with van der Waals surface area (Å²) in [5, 5.41) is 0. The highest BCUT2D eigenvalue weighted by atomic mass is 79.9. The van der Waals surface area contributed by atoms with Crippen molar-refractivity contribution in [2.75, 3.05) is 7.11 Å². The molecule has 0 amide bonds. The largest absolute Gasteiger partial charge is 0.469 e. The van der Waals surface area contributed by atoms with Crippen LogP contribution in [0.3, 0.4) is 0 Å². The van der Waals surface area contributed by atoms with Crippen molar-refractivity contribution in [2.45, 2.75) is 12.8 Å². The third-order valence-electron chi connectivity index (χ3n) is 1.86. The molecule has 88 valence electrons. The molecule has 0 aromatic carbocycles. The van der Waals surface area contributed by atoms with Gasteiger partial charge in [-0.1, -0.05) is 0 Å². The molecule has 1 aromatic heterocycles. The van der Waals surface area contributed by atoms with E-state index in [1.807, 2.05) is 0 Å². The van der Waals surface area contributed by atoms with Gasteiger partial charge in [-0.2, -0.15) is 4.39 Å². The van der Waals surface area contributed by atoms with Crippen molar-refractivity contribution in [3.8, 4) is 0 Å². The third-order valence-corrected chi connectivity index (χ3v) is 2.79. The molecule has 0 fully saturated rings. The molecule has 1 rings (SSSR count). The standard InChI is InChI=1S/C9H7BrF3NO2/c1-16-5(15)2-4-3-14-9(13)6(7(4)10)8(11)12/h3,8H,2H2,1H3. The Balaban J connectivity index is 3.13. The maximum Gasteiger partial charge on any atom is 0.310 e. The molecule has 0 atom stereocenters. The average molecular weight is 298 g/mol. The number of hydrogen-bond acceptors (Lipinski definition) is 3. The van der Waals surface area contributed by atoms with Gasteiger partial charge in [-0.15, -0.1) is 0 Å². The minimum Gasteiger partial charge on any atom is -0.469 e. The van der Waals surface area contributed by atoms with Crippen molar-refractivity contribution < 1.29 is 22.7 Å². The van der Waals surface area contributed by atoms with E-state index >= 15 is 0 Å². The number of pyridine rings is 1. The van der Waals surface area contributed by atoms with Gasteiger partial charge in [0, 0.05) is 10.7 Å². The molecule has 0 saturated heterocycles. The zero-order valence-electron chi connectivity index (χ0n) is 8.14. The Bertz CT molecular complexity index is 412. The Hall–Kier alpha value is -1.11. The highest BCUT2D eigenvalue weighted by Gasteiger charge is 2.22. The number of carbonyl (C=O) groups excluding carboxylic acids is 1. The number of alkyl halides is 2. The number of esters is 1. The van der Waals surface area contributed by atoms with Crippen molar-refractivity contribution in [3.63, 3.8) is 0 Å². The lowest BCUT2D eigenvalue weighted by atomic mass is 10.1. The molecule has 1 aromatic rings. The average Bonchev–Trinajstić information content (AvgIpc) is 2.21. The lowest BCUT2D eigenvalue weighted by Gasteiger charge is -2.08. The minimum absolute atomic E-state index is 0.152. The van der Waals surface area contributed by atoms with Gasteiger partial charge in [0.15, 0.2) is 0 Å². The molecule has 0 unspecified atom stereocenters. The van der Waals surface area contributed by atoms with E-state index < -0.39 is 23.9 Å². The molecule has 0 aliphatic carbocycles. The van der Waals surface area contributed by atoms with Gasteiger partial charge in [0.1, 0.15) is 0 Å². The molecular weight excluding hydrogens is 291 g/mol. The van der Waals surface area contributed by atoms with Gasteiger partial charge in [-0.3, -0.25) is 4.79 Å². The summed E-state index contributed by atoms with van der Waals surface area (Å²) >= 11 is 2.82. The highest BCUT2D eigenvalue weighted by Crippen LogP contribution is 2.31. The van der Waals surface area contributed by atoms with Crippen molar-refractivity contribution >= 4 is 21.9 Å². The van der Waals surface area contributed by atoms with E-state index in [1.165, 1.54) is 7.11 Å². The Kier molecular flexibility index (Phi) is 4.28. The summed E-state index contributed by atoms with van der Waals surface area (Å²) in [4.78, 5) is 14.1. The van der Waals surface area contributed by atoms with Crippen LogP contribution in [0.15, 0.2) is 10.7 Å². The highest BCUT2D eigenvalue weighted by molar-refractivity contribution is 9.10. The molecule has 3 nitrogen and oxygen atoms in total. The topological polar surface area (TPSA) is 39.2 Å². The van der Waals surface area contributed by atoms with Crippen LogP contribution in [0.4, 0.5) is 13.2 Å². The van der Waals surface area contributed by atoms with Crippen molar-refractivity contribution in [1.29, 1.82) is 0 Å². The SMILES string of the molecule is COC(=O)Cc1cnc(F)c(C(F)F)c1Br. The Morgan fingerprint density at radius 1 is 1.62 bits per heavy atom. The monoisotopic (exact) mass is 297 g/mol. The van der Waals surface area contributed by atoms with E-state index in [-0.39, 0.29) is 16.5 Å². The number of methoxy groups -OCH3 is 1. The lowest BCUT2D eigenvalue weighted by Crippen LogP contribution is -2.08. The minimum atomic E-state index is -3.00. The molecule has 0 spiro atoms. The fourth-order valence-electron chi connectivity index (χ4n) is 1.06. The molecule has 0 radical (unpaired) electrons. The predicted molar refractivity (Wildman–Crippen MR) is 52.6 cm³/mol. The first-order valence-corrected chi connectivity index (χ1v) is 4.94. The maximum atomic E-state index is 13.0. The van der Waals surface area contributed by atoms with Gasteiger partial charge < -0.3 is 4.74 Å². The summed E-state index contributed by atoms with van der Waals surface area (Å²) in [6.45, 7) is 0. The van der Waals surface area contributed by atoms with E-state index in [0.29, 0.717) is 0 Å². The molecule has 16 heavy (non-hydrogen) atoms. The Morgan fingerprint density at radius 2 is 2.25 bits per heavy atom. The first-order valence-electron chi connectivity index (χ1n) is 4.15. The van der Waals surface area contributed by atoms with Crippen LogP contribution in [-0.4, -0.2) is 18.1 Å². The molecule has 0 bridgehead atoms. The molecular formula is C9H7BrF3NO2. The molecule has 0 N–H and O–H groups in total. The van der Waals surface area contributed by atoms with Crippen molar-refractivity contribution in [2.24, 2.45) is 0 Å². The van der Waals surface area contributed by atoms with E-state index in [1.54, 1.807) is 0 Å². The van der Waals surface area contributed by atoms with Gasteiger partial charge in [0.25, 0.3) is 6.43 Å². The molecule has 0 aliphatic rings. The van der Waals surface area contributed by atoms with Crippen LogP contribution < -0.4 is 0 Å². The van der Waals surface area contributed by atoms with Crippen LogP contribution in [0, 0.1) is 5.95 Å². The number of aromatic nitrogens is 1. The molecule has 7 heteroatoms. The second-order valence-corrected chi connectivity index (χ2v) is 3.65. The van der Waals surface area contributed by atoms with Gasteiger partial charge in [-0.25, -0.2) is 13.8 Å². The lowest BCUT2D eigenvalue weighted by molar-refractivity contribution is -0.139. The van der Waals surface area contributed by atoms with Gasteiger partial charge in [0.05, 0.1) is 19.1 Å². The number of ether oxygens (including phenoxy) is 1. The van der Waals surface area contributed by atoms with Crippen LogP contribution in [0.5, 0.6) is 0 Å². The number of halogens is 4. The van der Waals surface area contributed by atoms with Crippen LogP contribution in [0.2, 0.25) is 0 Å². The first-order chi connectivity index (χ1) is 7.47. The summed E-state index contributed by atoms with van der Waals surface area (Å²) in [5.41, 5.74) is -0.690. The maximum absolute atomic E-state index is 13.0. The Labute approximate surface area is 97.8 Å². The van der Waals surface area contributed by atoms with Crippen LogP contribution in [-0.2, 0) is 16.0 Å². The fraction of sp³-hybridized carbons (Fsp3) is 0.333. The summed E-state index contributed by atoms with van der Waals surface area (Å²) < 4.78 is 42.1. The first kappa shape index (κ1) is 13.0. The van der Waals surface area contributed by atoms with E-state index in [9.17, 15) is 18.0 Å². The van der Waals surface area contributed by atoms with Crippen LogP contribution in [0.1, 0.15) is 17.6 Å². The smallest absolute Gasteiger partial charge is 0.310 e. The number of hydrogen-bond donors (Lipinski definition) is 0. The zero-order valence-corrected chi connectivity index (χ0v) is 9.72. The summed E-state index contributed by atoms with van der Waals surface area (Å²) in [5.74, 6) is -1.87. The van der Waals surface area contributed by atoms with Crippen molar-refractivity contribution in [1.82, 2.24) is 4.98 Å².